The molecule has 266 valence electrons. The minimum atomic E-state index is -3.04. The molecule has 0 bridgehead atoms. The third-order valence-corrected chi connectivity index (χ3v) is 7.87. The van der Waals surface area contributed by atoms with Gasteiger partial charge >= 0.3 is 5.97 Å². The topological polar surface area (TPSA) is 344 Å². The lowest BCUT2D eigenvalue weighted by Gasteiger charge is -2.50. The third kappa shape index (κ3) is 8.08. The molecule has 13 N–H and O–H groups in total. The summed E-state index contributed by atoms with van der Waals surface area (Å²) in [6.45, 7) is -0.789. The van der Waals surface area contributed by atoms with Gasteiger partial charge in [0.05, 0.1) is 32.0 Å². The summed E-state index contributed by atoms with van der Waals surface area (Å²) in [5.41, 5.74) is 0. The number of amides is 2. The van der Waals surface area contributed by atoms with Crippen LogP contribution in [-0.2, 0) is 38.1 Å². The molecular weight excluding hydrogens is 632 g/mol. The van der Waals surface area contributed by atoms with E-state index in [-0.39, 0.29) is 0 Å². The first kappa shape index (κ1) is 38.3. The Morgan fingerprint density at radius 2 is 1.43 bits per heavy atom. The van der Waals surface area contributed by atoms with Gasteiger partial charge in [-0.2, -0.15) is 0 Å². The monoisotopic (exact) mass is 674 g/mol. The maximum Gasteiger partial charge on any atom is 0.364 e. The zero-order valence-electron chi connectivity index (χ0n) is 24.7. The lowest BCUT2D eigenvalue weighted by Crippen LogP contribution is -2.71. The van der Waals surface area contributed by atoms with Crippen LogP contribution in [0.3, 0.4) is 0 Å². The Morgan fingerprint density at radius 1 is 0.848 bits per heavy atom. The number of ether oxygens (including phenoxy) is 5. The summed E-state index contributed by atoms with van der Waals surface area (Å²) >= 11 is 0. The summed E-state index contributed by atoms with van der Waals surface area (Å²) in [5.74, 6) is -6.46. The molecule has 0 aromatic rings. The summed E-state index contributed by atoms with van der Waals surface area (Å²) < 4.78 is 27.4. The molecule has 0 aromatic carbocycles. The van der Waals surface area contributed by atoms with Crippen LogP contribution in [0.15, 0.2) is 0 Å². The predicted octanol–water partition coefficient (Wildman–Crippen LogP) is -8.08. The molecule has 3 rings (SSSR count). The van der Waals surface area contributed by atoms with Crippen molar-refractivity contribution in [2.24, 2.45) is 0 Å². The van der Waals surface area contributed by atoms with Crippen molar-refractivity contribution in [1.29, 1.82) is 0 Å². The number of nitrogens with one attached hydrogen (secondary N) is 2. The lowest BCUT2D eigenvalue weighted by molar-refractivity contribution is -0.382. The van der Waals surface area contributed by atoms with E-state index in [4.69, 9.17) is 23.7 Å². The summed E-state index contributed by atoms with van der Waals surface area (Å²) in [6.07, 6.45) is -25.7. The summed E-state index contributed by atoms with van der Waals surface area (Å²) in [7, 11) is 0. The van der Waals surface area contributed by atoms with Crippen LogP contribution >= 0.6 is 0 Å². The first-order valence-electron chi connectivity index (χ1n) is 14.2. The van der Waals surface area contributed by atoms with Crippen molar-refractivity contribution in [3.63, 3.8) is 0 Å². The van der Waals surface area contributed by atoms with Crippen LogP contribution in [0.5, 0.6) is 0 Å². The molecule has 2 amide bonds. The van der Waals surface area contributed by atoms with E-state index in [9.17, 15) is 70.6 Å². The number of hydrogen-bond donors (Lipinski definition) is 13. The molecule has 21 nitrogen and oxygen atoms in total. The van der Waals surface area contributed by atoms with E-state index in [1.165, 1.54) is 0 Å². The third-order valence-electron chi connectivity index (χ3n) is 7.87. The molecule has 0 spiro atoms. The van der Waals surface area contributed by atoms with Crippen LogP contribution in [0.25, 0.3) is 0 Å². The molecule has 21 heteroatoms. The average molecular weight is 675 g/mol. The van der Waals surface area contributed by atoms with Gasteiger partial charge in [0, 0.05) is 20.3 Å². The molecule has 2 unspecified atom stereocenters. The normalized spacial score (nSPS) is 42.9. The van der Waals surface area contributed by atoms with Gasteiger partial charge in [-0.05, 0) is 0 Å². The fourth-order valence-corrected chi connectivity index (χ4v) is 5.57. The van der Waals surface area contributed by atoms with Crippen molar-refractivity contribution in [1.82, 2.24) is 10.6 Å². The highest BCUT2D eigenvalue weighted by atomic mass is 16.8. The van der Waals surface area contributed by atoms with Crippen molar-refractivity contribution in [3.8, 4) is 0 Å². The predicted molar refractivity (Wildman–Crippen MR) is 142 cm³/mol. The number of carboxylic acid groups (broad SMARTS) is 1. The van der Waals surface area contributed by atoms with E-state index in [1.807, 2.05) is 0 Å². The molecule has 3 aliphatic rings. The number of carboxylic acids is 1. The summed E-state index contributed by atoms with van der Waals surface area (Å²) in [4.78, 5) is 36.0. The highest BCUT2D eigenvalue weighted by Crippen LogP contribution is 2.38. The van der Waals surface area contributed by atoms with Crippen molar-refractivity contribution in [2.75, 3.05) is 19.8 Å². The van der Waals surface area contributed by atoms with Gasteiger partial charge < -0.3 is 90.5 Å². The van der Waals surface area contributed by atoms with Crippen LogP contribution in [0.4, 0.5) is 0 Å². The van der Waals surface area contributed by atoms with E-state index >= 15 is 0 Å². The van der Waals surface area contributed by atoms with Gasteiger partial charge in [-0.1, -0.05) is 0 Å². The van der Waals surface area contributed by atoms with Crippen LogP contribution in [0, 0.1) is 0 Å². The van der Waals surface area contributed by atoms with Crippen molar-refractivity contribution >= 4 is 17.8 Å². The second-order valence-electron chi connectivity index (χ2n) is 11.2. The molecule has 0 radical (unpaired) electrons. The Hall–Kier alpha value is -2.19. The first-order chi connectivity index (χ1) is 21.5. The van der Waals surface area contributed by atoms with Gasteiger partial charge in [-0.25, -0.2) is 4.79 Å². The Balaban J connectivity index is 1.95. The Kier molecular flexibility index (Phi) is 13.1. The second-order valence-corrected chi connectivity index (χ2v) is 11.2. The molecule has 0 aromatic heterocycles. The minimum Gasteiger partial charge on any atom is -0.477 e. The quantitative estimate of drug-likeness (QED) is 0.0913. The number of aliphatic hydroxyl groups is 10. The summed E-state index contributed by atoms with van der Waals surface area (Å²) in [5, 5.41) is 118. The van der Waals surface area contributed by atoms with Crippen LogP contribution in [0.1, 0.15) is 20.3 Å². The molecule has 46 heavy (non-hydrogen) atoms. The van der Waals surface area contributed by atoms with Crippen LogP contribution < -0.4 is 10.6 Å². The number of rotatable bonds is 12. The molecule has 0 saturated carbocycles. The molecule has 3 heterocycles. The Morgan fingerprint density at radius 3 is 1.96 bits per heavy atom. The number of carbonyl (C=O) groups excluding carboxylic acids is 2. The zero-order chi connectivity index (χ0) is 34.7. The van der Waals surface area contributed by atoms with E-state index in [1.54, 1.807) is 0 Å². The average Bonchev–Trinajstić information content (AvgIpc) is 2.99. The SMILES string of the molecule is CC(=O)NC1[C@H]([C@H](O)[C@H](O)CO)O[C@](O[C@H]2[C@@H](O)[C@@H](CO)O[C@@H](O[C@H]3[C@H](O)[C@@H](NC(C)=O)C(O)O[C@@H]3CO)[C@@H]2O)(C(=O)O)C[C@@H]1O. The van der Waals surface area contributed by atoms with Gasteiger partial charge in [-0.15, -0.1) is 0 Å². The largest absolute Gasteiger partial charge is 0.477 e. The lowest BCUT2D eigenvalue weighted by atomic mass is 9.88. The maximum absolute atomic E-state index is 12.6. The first-order valence-corrected chi connectivity index (χ1v) is 14.2. The summed E-state index contributed by atoms with van der Waals surface area (Å²) in [6, 6.07) is -3.05. The number of hydrogen-bond acceptors (Lipinski definition) is 18. The van der Waals surface area contributed by atoms with Gasteiger partial charge in [-0.3, -0.25) is 9.59 Å². The van der Waals surface area contributed by atoms with E-state index in [0.29, 0.717) is 0 Å². The van der Waals surface area contributed by atoms with Gasteiger partial charge in [0.2, 0.25) is 11.8 Å². The Labute approximate surface area is 260 Å². The molecular formula is C25H42N2O19. The van der Waals surface area contributed by atoms with Crippen LogP contribution in [0.2, 0.25) is 0 Å². The van der Waals surface area contributed by atoms with Crippen LogP contribution in [-0.4, -0.2) is 191 Å². The zero-order valence-corrected chi connectivity index (χ0v) is 24.7. The molecule has 3 aliphatic heterocycles. The number of aliphatic hydroxyl groups excluding tert-OH is 10. The van der Waals surface area contributed by atoms with Crippen molar-refractivity contribution in [2.45, 2.75) is 118 Å². The van der Waals surface area contributed by atoms with E-state index in [0.717, 1.165) is 13.8 Å². The standard InChI is InChI=1S/C25H42N2O19/c1-7(31)26-13-9(33)3-25(24(40)41,45-20(13)15(35)10(34)4-28)46-21-16(36)11(5-29)43-23(18(21)38)44-19-12(6-30)42-22(39)14(17(19)37)27-8(2)32/h9-23,28-30,33-39H,3-6H2,1-2H3,(H,26,31)(H,27,32)(H,40,41)/t9-,10+,11+,12+,13?,14+,15+,16-,17+,18+,19+,20+,21-,22?,23-,25+/m0/s1. The fourth-order valence-electron chi connectivity index (χ4n) is 5.57. The number of carbonyl (C=O) groups is 3. The molecule has 3 saturated heterocycles. The minimum absolute atomic E-state index is 0.692. The van der Waals surface area contributed by atoms with Crippen molar-refractivity contribution < 1.29 is 94.2 Å². The molecule has 16 atom stereocenters. The maximum atomic E-state index is 12.6. The molecule has 0 aliphatic carbocycles. The fraction of sp³-hybridized carbons (Fsp3) is 0.880. The Bertz CT molecular complexity index is 1050. The van der Waals surface area contributed by atoms with Gasteiger partial charge in [0.15, 0.2) is 12.6 Å². The molecule has 3 fully saturated rings. The van der Waals surface area contributed by atoms with Gasteiger partial charge in [0.1, 0.15) is 67.1 Å². The number of aliphatic carboxylic acids is 1. The highest BCUT2D eigenvalue weighted by Gasteiger charge is 2.60. The van der Waals surface area contributed by atoms with E-state index < -0.39 is 142 Å². The smallest absolute Gasteiger partial charge is 0.364 e. The highest BCUT2D eigenvalue weighted by molar-refractivity contribution is 5.76. The van der Waals surface area contributed by atoms with E-state index in [2.05, 4.69) is 10.6 Å². The van der Waals surface area contributed by atoms with Crippen molar-refractivity contribution in [3.05, 3.63) is 0 Å². The second kappa shape index (κ2) is 15.8. The van der Waals surface area contributed by atoms with Gasteiger partial charge in [0.25, 0.3) is 5.79 Å².